The summed E-state index contributed by atoms with van der Waals surface area (Å²) in [6, 6.07) is 0. The molecule has 142 valence electrons. The van der Waals surface area contributed by atoms with Crippen molar-refractivity contribution in [3.8, 4) is 0 Å². The third-order valence-corrected chi connectivity index (χ3v) is 7.39. The quantitative estimate of drug-likeness (QED) is 0.744. The van der Waals surface area contributed by atoms with Crippen LogP contribution >= 0.6 is 24.8 Å². The molecule has 0 spiro atoms. The van der Waals surface area contributed by atoms with Gasteiger partial charge in [0.15, 0.2) is 14.6 Å². The number of hydrogen-bond acceptors (Lipinski definition) is 5. The van der Waals surface area contributed by atoms with Crippen LogP contribution in [-0.4, -0.2) is 80.9 Å². The molecule has 2 heterocycles. The Kier molecular flexibility index (Phi) is 7.81. The number of halogens is 2. The normalized spacial score (nSPS) is 24.6. The maximum Gasteiger partial charge on any atom is 0.244 e. The van der Waals surface area contributed by atoms with E-state index in [-0.39, 0.29) is 30.7 Å². The zero-order valence-corrected chi connectivity index (χ0v) is 16.6. The Bertz CT molecular complexity index is 526. The molecule has 0 bridgehead atoms. The van der Waals surface area contributed by atoms with E-state index in [4.69, 9.17) is 0 Å². The van der Waals surface area contributed by atoms with E-state index in [0.717, 1.165) is 25.6 Å². The monoisotopic (exact) mass is 401 g/mol. The first-order valence-electron chi connectivity index (χ1n) is 8.34. The van der Waals surface area contributed by atoms with Crippen LogP contribution in [0.5, 0.6) is 0 Å². The number of piperidine rings is 1. The number of carbonyl (C=O) groups is 1. The molecule has 6 nitrogen and oxygen atoms in total. The molecule has 2 saturated heterocycles. The van der Waals surface area contributed by atoms with Crippen LogP contribution in [0.25, 0.3) is 0 Å². The lowest BCUT2D eigenvalue weighted by atomic mass is 9.95. The lowest BCUT2D eigenvalue weighted by Gasteiger charge is -2.42. The predicted octanol–water partition coefficient (Wildman–Crippen LogP) is 0.551. The molecular formula is C15H29Cl2N3O3S. The highest BCUT2D eigenvalue weighted by Crippen LogP contribution is 2.32. The van der Waals surface area contributed by atoms with Crippen LogP contribution in [-0.2, 0) is 14.6 Å². The maximum atomic E-state index is 13.0. The van der Waals surface area contributed by atoms with Crippen molar-refractivity contribution in [2.45, 2.75) is 30.4 Å². The molecule has 0 aromatic rings. The van der Waals surface area contributed by atoms with Crippen molar-refractivity contribution in [1.82, 2.24) is 15.1 Å². The minimum absolute atomic E-state index is 0. The van der Waals surface area contributed by atoms with E-state index in [2.05, 4.69) is 10.2 Å². The zero-order chi connectivity index (χ0) is 15.8. The summed E-state index contributed by atoms with van der Waals surface area (Å²) < 4.78 is 23.5. The van der Waals surface area contributed by atoms with Gasteiger partial charge in [-0.1, -0.05) is 0 Å². The highest BCUT2D eigenvalue weighted by atomic mass is 35.5. The molecule has 3 aliphatic rings. The molecular weight excluding hydrogens is 373 g/mol. The van der Waals surface area contributed by atoms with Gasteiger partial charge in [0.1, 0.15) is 0 Å². The van der Waals surface area contributed by atoms with Crippen LogP contribution in [0.4, 0.5) is 0 Å². The van der Waals surface area contributed by atoms with Crippen LogP contribution in [0.2, 0.25) is 0 Å². The van der Waals surface area contributed by atoms with Gasteiger partial charge in [-0.15, -0.1) is 24.8 Å². The van der Waals surface area contributed by atoms with Crippen molar-refractivity contribution in [3.63, 3.8) is 0 Å². The van der Waals surface area contributed by atoms with Crippen LogP contribution < -0.4 is 5.32 Å². The molecule has 1 aliphatic carbocycles. The highest BCUT2D eigenvalue weighted by Gasteiger charge is 2.50. The largest absolute Gasteiger partial charge is 0.339 e. The molecule has 0 atom stereocenters. The molecule has 9 heteroatoms. The Morgan fingerprint density at radius 1 is 1.08 bits per heavy atom. The summed E-state index contributed by atoms with van der Waals surface area (Å²) in [5.41, 5.74) is 0. The first-order chi connectivity index (χ1) is 10.4. The van der Waals surface area contributed by atoms with Gasteiger partial charge in [-0.2, -0.15) is 0 Å². The molecule has 0 aromatic carbocycles. The van der Waals surface area contributed by atoms with E-state index >= 15 is 0 Å². The average Bonchev–Trinajstić information content (AvgIpc) is 3.31. The van der Waals surface area contributed by atoms with Crippen LogP contribution in [0, 0.1) is 5.92 Å². The number of amides is 1. The van der Waals surface area contributed by atoms with Crippen molar-refractivity contribution in [1.29, 1.82) is 0 Å². The molecule has 0 unspecified atom stereocenters. The Labute approximate surface area is 157 Å². The number of carbonyl (C=O) groups excluding carboxylic acids is 1. The van der Waals surface area contributed by atoms with Crippen molar-refractivity contribution >= 4 is 40.6 Å². The van der Waals surface area contributed by atoms with E-state index < -0.39 is 14.6 Å². The zero-order valence-electron chi connectivity index (χ0n) is 14.2. The summed E-state index contributed by atoms with van der Waals surface area (Å²) in [5, 5.41) is 3.16. The summed E-state index contributed by atoms with van der Waals surface area (Å²) in [6.07, 6.45) is 4.69. The Morgan fingerprint density at radius 3 is 2.08 bits per heavy atom. The molecule has 1 saturated carbocycles. The summed E-state index contributed by atoms with van der Waals surface area (Å²) >= 11 is 0. The van der Waals surface area contributed by atoms with E-state index in [1.165, 1.54) is 19.1 Å². The lowest BCUT2D eigenvalue weighted by Crippen LogP contribution is -2.61. The second-order valence-electron chi connectivity index (χ2n) is 7.05. The van der Waals surface area contributed by atoms with Gasteiger partial charge in [0.05, 0.1) is 0 Å². The highest BCUT2D eigenvalue weighted by molar-refractivity contribution is 7.92. The van der Waals surface area contributed by atoms with Crippen LogP contribution in [0.3, 0.4) is 0 Å². The van der Waals surface area contributed by atoms with Gasteiger partial charge < -0.3 is 10.2 Å². The number of nitrogens with zero attached hydrogens (tertiary/aromatic N) is 2. The molecule has 3 fully saturated rings. The fourth-order valence-corrected chi connectivity index (χ4v) is 5.05. The number of sulfone groups is 1. The fraction of sp³-hybridized carbons (Fsp3) is 0.933. The van der Waals surface area contributed by atoms with Crippen molar-refractivity contribution in [3.05, 3.63) is 0 Å². The SMILES string of the molecule is CS(=O)(=O)C1(C(=O)N2CCN(CC3CC3)CC2)CCNCC1.Cl.Cl. The van der Waals surface area contributed by atoms with Gasteiger partial charge in [0.2, 0.25) is 5.91 Å². The third-order valence-electron chi connectivity index (χ3n) is 5.38. The van der Waals surface area contributed by atoms with E-state index in [1.807, 2.05) is 0 Å². The van der Waals surface area contributed by atoms with Gasteiger partial charge in [0.25, 0.3) is 0 Å². The average molecular weight is 402 g/mol. The van der Waals surface area contributed by atoms with Gasteiger partial charge in [-0.3, -0.25) is 9.69 Å². The molecule has 24 heavy (non-hydrogen) atoms. The number of nitrogens with one attached hydrogen (secondary N) is 1. The Morgan fingerprint density at radius 2 is 1.62 bits per heavy atom. The van der Waals surface area contributed by atoms with Gasteiger partial charge >= 0.3 is 0 Å². The summed E-state index contributed by atoms with van der Waals surface area (Å²) in [6.45, 7) is 5.41. The lowest BCUT2D eigenvalue weighted by molar-refractivity contribution is -0.136. The predicted molar refractivity (Wildman–Crippen MR) is 99.9 cm³/mol. The Balaban J connectivity index is 0.00000144. The molecule has 0 aromatic heterocycles. The second-order valence-corrected chi connectivity index (χ2v) is 9.38. The molecule has 3 rings (SSSR count). The molecule has 1 amide bonds. The van der Waals surface area contributed by atoms with Gasteiger partial charge in [-0.25, -0.2) is 8.42 Å². The summed E-state index contributed by atoms with van der Waals surface area (Å²) in [4.78, 5) is 17.2. The van der Waals surface area contributed by atoms with Crippen molar-refractivity contribution in [2.24, 2.45) is 5.92 Å². The number of hydrogen-bond donors (Lipinski definition) is 1. The maximum absolute atomic E-state index is 13.0. The van der Waals surface area contributed by atoms with Crippen molar-refractivity contribution in [2.75, 3.05) is 52.1 Å². The minimum Gasteiger partial charge on any atom is -0.339 e. The first-order valence-corrected chi connectivity index (χ1v) is 10.2. The fourth-order valence-electron chi connectivity index (χ4n) is 3.66. The summed E-state index contributed by atoms with van der Waals surface area (Å²) in [5.74, 6) is 0.691. The van der Waals surface area contributed by atoms with Crippen LogP contribution in [0.1, 0.15) is 25.7 Å². The van der Waals surface area contributed by atoms with E-state index in [9.17, 15) is 13.2 Å². The second kappa shape index (κ2) is 8.54. The molecule has 1 N–H and O–H groups in total. The number of rotatable bonds is 4. The van der Waals surface area contributed by atoms with Crippen molar-refractivity contribution < 1.29 is 13.2 Å². The Hall–Kier alpha value is -0.0800. The molecule has 0 radical (unpaired) electrons. The summed E-state index contributed by atoms with van der Waals surface area (Å²) in [7, 11) is -3.40. The van der Waals surface area contributed by atoms with Gasteiger partial charge in [-0.05, 0) is 44.7 Å². The number of piperazine rings is 1. The van der Waals surface area contributed by atoms with E-state index in [0.29, 0.717) is 39.0 Å². The smallest absolute Gasteiger partial charge is 0.244 e. The van der Waals surface area contributed by atoms with Crippen LogP contribution in [0.15, 0.2) is 0 Å². The van der Waals surface area contributed by atoms with E-state index in [1.54, 1.807) is 4.90 Å². The topological polar surface area (TPSA) is 69.7 Å². The molecule has 2 aliphatic heterocycles. The third kappa shape index (κ3) is 4.55. The van der Waals surface area contributed by atoms with Gasteiger partial charge in [0, 0.05) is 39.0 Å². The minimum atomic E-state index is -3.40. The standard InChI is InChI=1S/C15H27N3O3S.2ClH/c1-22(20,21)15(4-6-16-7-5-15)14(19)18-10-8-17(9-11-18)12-13-2-3-13;;/h13,16H,2-12H2,1H3;2*1H. The first kappa shape index (κ1) is 22.0.